The molecule has 1 aromatic carbocycles. The predicted molar refractivity (Wildman–Crippen MR) is 132 cm³/mol. The molecule has 0 amide bonds. The second-order valence-electron chi connectivity index (χ2n) is 8.36. The Morgan fingerprint density at radius 1 is 1.09 bits per heavy atom. The maximum Gasteiger partial charge on any atom is 0.313 e. The van der Waals surface area contributed by atoms with Gasteiger partial charge in [-0.05, 0) is 57.0 Å². The van der Waals surface area contributed by atoms with Crippen LogP contribution in [0.4, 0.5) is 0 Å². The third kappa shape index (κ3) is 8.85. The van der Waals surface area contributed by atoms with E-state index in [0.29, 0.717) is 6.04 Å². The van der Waals surface area contributed by atoms with Crippen molar-refractivity contribution in [2.75, 3.05) is 27.8 Å². The fourth-order valence-corrected chi connectivity index (χ4v) is 4.15. The van der Waals surface area contributed by atoms with E-state index in [1.165, 1.54) is 32.2 Å². The van der Waals surface area contributed by atoms with Gasteiger partial charge in [0.1, 0.15) is 5.76 Å². The first-order valence-corrected chi connectivity index (χ1v) is 12.3. The summed E-state index contributed by atoms with van der Waals surface area (Å²) >= 11 is 0. The van der Waals surface area contributed by atoms with E-state index in [2.05, 4.69) is 24.9 Å². The highest BCUT2D eigenvalue weighted by molar-refractivity contribution is 5.73. The Bertz CT molecular complexity index is 665. The van der Waals surface area contributed by atoms with Crippen LogP contribution in [0.3, 0.4) is 0 Å². The van der Waals surface area contributed by atoms with E-state index < -0.39 is 0 Å². The summed E-state index contributed by atoms with van der Waals surface area (Å²) in [5.74, 6) is 3.21. The molecule has 2 aliphatic rings. The van der Waals surface area contributed by atoms with Gasteiger partial charge in [-0.1, -0.05) is 59.1 Å². The second kappa shape index (κ2) is 15.7. The van der Waals surface area contributed by atoms with Crippen molar-refractivity contribution in [3.8, 4) is 11.5 Å². The molecule has 2 unspecified atom stereocenters. The molecule has 1 aliphatic carbocycles. The summed E-state index contributed by atoms with van der Waals surface area (Å²) in [4.78, 5) is 14.5. The first-order valence-electron chi connectivity index (χ1n) is 12.3. The van der Waals surface area contributed by atoms with Crippen LogP contribution in [0.25, 0.3) is 0 Å². The van der Waals surface area contributed by atoms with Crippen LogP contribution in [-0.4, -0.2) is 44.7 Å². The minimum absolute atomic E-state index is 0.0291. The van der Waals surface area contributed by atoms with Gasteiger partial charge in [0.25, 0.3) is 0 Å². The molecule has 3 rings (SSSR count). The van der Waals surface area contributed by atoms with Gasteiger partial charge < -0.3 is 14.2 Å². The third-order valence-corrected chi connectivity index (χ3v) is 6.13. The number of likely N-dealkylation sites (N-methyl/N-ethyl adjacent to an activating group) is 1. The number of rotatable bonds is 8. The van der Waals surface area contributed by atoms with Gasteiger partial charge >= 0.3 is 5.97 Å². The lowest BCUT2D eigenvalue weighted by molar-refractivity contribution is -0.144. The number of ether oxygens (including phenoxy) is 3. The number of allylic oxidation sites excluding steroid dienone is 1. The highest BCUT2D eigenvalue weighted by atomic mass is 16.5. The monoisotopic (exact) mass is 447 g/mol. The topological polar surface area (TPSA) is 48.0 Å². The zero-order chi connectivity index (χ0) is 23.9. The molecule has 3 atom stereocenters. The predicted octanol–water partition coefficient (Wildman–Crippen LogP) is 6.47. The van der Waals surface area contributed by atoms with E-state index in [1.807, 2.05) is 45.0 Å². The minimum atomic E-state index is -0.0357. The first-order chi connectivity index (χ1) is 15.5. The van der Waals surface area contributed by atoms with Crippen LogP contribution in [0.5, 0.6) is 11.5 Å². The van der Waals surface area contributed by atoms with Crippen molar-refractivity contribution in [2.24, 2.45) is 11.8 Å². The van der Waals surface area contributed by atoms with Crippen LogP contribution < -0.4 is 9.47 Å². The SMILES string of the molecule is CC.CCCCCC(C)C(=O)OC1=C[C@H]2C(CC1)CCN2C.COc1ccccc1OC. The summed E-state index contributed by atoms with van der Waals surface area (Å²) < 4.78 is 15.7. The van der Waals surface area contributed by atoms with Gasteiger partial charge in [0.15, 0.2) is 11.5 Å². The van der Waals surface area contributed by atoms with E-state index in [0.717, 1.165) is 42.4 Å². The van der Waals surface area contributed by atoms with Crippen molar-refractivity contribution >= 4 is 5.97 Å². The molecular formula is C27H45NO4. The molecule has 0 bridgehead atoms. The smallest absolute Gasteiger partial charge is 0.313 e. The zero-order valence-corrected chi connectivity index (χ0v) is 21.4. The Kier molecular flexibility index (Phi) is 13.8. The molecule has 32 heavy (non-hydrogen) atoms. The fraction of sp³-hybridized carbons (Fsp3) is 0.667. The molecule has 0 radical (unpaired) electrons. The molecule has 1 saturated heterocycles. The number of nitrogens with zero attached hydrogens (tertiary/aromatic N) is 1. The summed E-state index contributed by atoms with van der Waals surface area (Å²) in [6.45, 7) is 9.34. The molecular weight excluding hydrogens is 402 g/mol. The second-order valence-corrected chi connectivity index (χ2v) is 8.36. The summed E-state index contributed by atoms with van der Waals surface area (Å²) in [5.41, 5.74) is 0. The van der Waals surface area contributed by atoms with Gasteiger partial charge in [0, 0.05) is 12.5 Å². The van der Waals surface area contributed by atoms with Crippen LogP contribution >= 0.6 is 0 Å². The largest absolute Gasteiger partial charge is 0.493 e. The van der Waals surface area contributed by atoms with Gasteiger partial charge in [-0.2, -0.15) is 0 Å². The quantitative estimate of drug-likeness (QED) is 0.337. The number of unbranched alkanes of at least 4 members (excludes halogenated alkanes) is 2. The van der Waals surface area contributed by atoms with Crippen molar-refractivity contribution in [1.82, 2.24) is 4.90 Å². The van der Waals surface area contributed by atoms with E-state index >= 15 is 0 Å². The van der Waals surface area contributed by atoms with Crippen LogP contribution in [0.15, 0.2) is 36.1 Å². The summed E-state index contributed by atoms with van der Waals surface area (Å²) in [6.07, 6.45) is 10.0. The lowest BCUT2D eigenvalue weighted by Crippen LogP contribution is -2.30. The number of benzene rings is 1. The average Bonchev–Trinajstić information content (AvgIpc) is 3.20. The van der Waals surface area contributed by atoms with Crippen LogP contribution in [0, 0.1) is 11.8 Å². The Morgan fingerprint density at radius 3 is 2.28 bits per heavy atom. The Labute approximate surface area is 196 Å². The molecule has 1 aromatic rings. The van der Waals surface area contributed by atoms with Crippen LogP contribution in [0.1, 0.15) is 72.6 Å². The summed E-state index contributed by atoms with van der Waals surface area (Å²) in [5, 5.41) is 0. The zero-order valence-electron chi connectivity index (χ0n) is 21.4. The number of methoxy groups -OCH3 is 2. The number of hydrogen-bond donors (Lipinski definition) is 0. The van der Waals surface area contributed by atoms with Crippen molar-refractivity contribution in [1.29, 1.82) is 0 Å². The van der Waals surface area contributed by atoms with Gasteiger partial charge in [-0.25, -0.2) is 0 Å². The van der Waals surface area contributed by atoms with Gasteiger partial charge in [-0.3, -0.25) is 9.69 Å². The molecule has 0 aromatic heterocycles. The van der Waals surface area contributed by atoms with E-state index in [9.17, 15) is 4.79 Å². The Morgan fingerprint density at radius 2 is 1.72 bits per heavy atom. The fourth-order valence-electron chi connectivity index (χ4n) is 4.15. The Balaban J connectivity index is 0.000000358. The van der Waals surface area contributed by atoms with E-state index in [-0.39, 0.29) is 11.9 Å². The van der Waals surface area contributed by atoms with Gasteiger partial charge in [0.2, 0.25) is 0 Å². The molecule has 0 N–H and O–H groups in total. The number of likely N-dealkylation sites (tertiary alicyclic amines) is 1. The highest BCUT2D eigenvalue weighted by Crippen LogP contribution is 2.34. The first kappa shape index (κ1) is 28.0. The van der Waals surface area contributed by atoms with Gasteiger partial charge in [0.05, 0.1) is 20.1 Å². The number of carbonyl (C=O) groups excluding carboxylic acids is 1. The van der Waals surface area contributed by atoms with Crippen molar-refractivity contribution in [2.45, 2.75) is 78.7 Å². The molecule has 1 fully saturated rings. The number of fused-ring (bicyclic) bond motifs is 1. The molecule has 0 spiro atoms. The molecule has 0 saturated carbocycles. The van der Waals surface area contributed by atoms with Crippen molar-refractivity contribution in [3.63, 3.8) is 0 Å². The number of carbonyl (C=O) groups is 1. The number of para-hydroxylation sites is 2. The standard InChI is InChI=1S/C17H29NO2.C8H10O2.C2H6/c1-4-5-6-7-13(2)17(19)20-15-9-8-14-10-11-18(3)16(14)12-15;1-9-7-5-3-4-6-8(7)10-2;1-2/h12-14,16H,4-11H2,1-3H3;3-6H,1-2H3;1-2H3/t13?,14?,16-;;/m0../s1. The third-order valence-electron chi connectivity index (χ3n) is 6.13. The molecule has 1 aliphatic heterocycles. The molecule has 1 heterocycles. The highest BCUT2D eigenvalue weighted by Gasteiger charge is 2.34. The molecule has 182 valence electrons. The normalized spacial score (nSPS) is 20.4. The molecule has 5 nitrogen and oxygen atoms in total. The Hall–Kier alpha value is -2.01. The number of esters is 1. The lowest BCUT2D eigenvalue weighted by atomic mass is 9.89. The summed E-state index contributed by atoms with van der Waals surface area (Å²) in [6, 6.07) is 8.02. The van der Waals surface area contributed by atoms with E-state index in [1.54, 1.807) is 14.2 Å². The maximum atomic E-state index is 12.1. The lowest BCUT2D eigenvalue weighted by Gasteiger charge is -2.27. The van der Waals surface area contributed by atoms with Crippen molar-refractivity contribution < 1.29 is 19.0 Å². The van der Waals surface area contributed by atoms with Crippen LogP contribution in [-0.2, 0) is 9.53 Å². The van der Waals surface area contributed by atoms with Crippen LogP contribution in [0.2, 0.25) is 0 Å². The van der Waals surface area contributed by atoms with E-state index in [4.69, 9.17) is 14.2 Å². The summed E-state index contributed by atoms with van der Waals surface area (Å²) in [7, 11) is 5.41. The minimum Gasteiger partial charge on any atom is -0.493 e. The molecule has 5 heteroatoms. The average molecular weight is 448 g/mol. The maximum absolute atomic E-state index is 12.1. The van der Waals surface area contributed by atoms with Crippen molar-refractivity contribution in [3.05, 3.63) is 36.1 Å². The number of hydrogen-bond acceptors (Lipinski definition) is 5. The van der Waals surface area contributed by atoms with Gasteiger partial charge in [-0.15, -0.1) is 0 Å².